The van der Waals surface area contributed by atoms with Crippen LogP contribution in [0.2, 0.25) is 0 Å². The summed E-state index contributed by atoms with van der Waals surface area (Å²) in [5.74, 6) is 2.19. The van der Waals surface area contributed by atoms with Crippen molar-refractivity contribution in [3.63, 3.8) is 0 Å². The van der Waals surface area contributed by atoms with E-state index in [1.165, 1.54) is 0 Å². The molecule has 0 spiro atoms. The smallest absolute Gasteiger partial charge is 0.166 e. The molecule has 2 heterocycles. The molecule has 0 fully saturated rings. The molecule has 0 unspecified atom stereocenters. The Bertz CT molecular complexity index is 756. The van der Waals surface area contributed by atoms with Crippen LogP contribution in [0.5, 0.6) is 5.75 Å². The van der Waals surface area contributed by atoms with Gasteiger partial charge in [0.25, 0.3) is 0 Å². The molecule has 108 valence electrons. The van der Waals surface area contributed by atoms with Crippen molar-refractivity contribution >= 4 is 28.6 Å². The van der Waals surface area contributed by atoms with Crippen molar-refractivity contribution in [2.45, 2.75) is 17.8 Å². The number of H-pyrrole nitrogens is 1. The molecule has 5 nitrogen and oxygen atoms in total. The first kappa shape index (κ1) is 13.8. The molecule has 0 saturated carbocycles. The fraction of sp³-hybridized carbons (Fsp3) is 0.200. The zero-order valence-electron chi connectivity index (χ0n) is 11.7. The highest BCUT2D eigenvalue weighted by molar-refractivity contribution is 7.98. The van der Waals surface area contributed by atoms with Crippen molar-refractivity contribution < 1.29 is 4.74 Å². The molecule has 2 aromatic heterocycles. The van der Waals surface area contributed by atoms with Crippen molar-refractivity contribution in [3.8, 4) is 5.75 Å². The normalized spacial score (nSPS) is 10.9. The van der Waals surface area contributed by atoms with Crippen LogP contribution in [-0.4, -0.2) is 21.6 Å². The molecular formula is C15H16N4OS. The first-order valence-electron chi connectivity index (χ1n) is 6.70. The Hall–Kier alpha value is -2.21. The first-order chi connectivity index (χ1) is 10.2. The van der Waals surface area contributed by atoms with Gasteiger partial charge in [-0.1, -0.05) is 11.8 Å². The van der Waals surface area contributed by atoms with E-state index in [9.17, 15) is 0 Å². The number of anilines is 1. The van der Waals surface area contributed by atoms with Gasteiger partial charge in [0.1, 0.15) is 11.6 Å². The Balaban J connectivity index is 1.75. The Morgan fingerprint density at radius 3 is 3.00 bits per heavy atom. The SMILES string of the molecule is CCOc1ccc2nc(SCc3ccnc(N)c3)[nH]c2c1. The summed E-state index contributed by atoms with van der Waals surface area (Å²) in [6.45, 7) is 2.63. The number of hydrogen-bond donors (Lipinski definition) is 2. The van der Waals surface area contributed by atoms with Crippen LogP contribution in [0, 0.1) is 0 Å². The highest BCUT2D eigenvalue weighted by atomic mass is 32.2. The topological polar surface area (TPSA) is 76.8 Å². The molecule has 0 radical (unpaired) electrons. The van der Waals surface area contributed by atoms with Gasteiger partial charge in [-0.2, -0.15) is 0 Å². The second-order valence-electron chi connectivity index (χ2n) is 4.53. The molecule has 3 rings (SSSR count). The second-order valence-corrected chi connectivity index (χ2v) is 5.50. The van der Waals surface area contributed by atoms with Crippen LogP contribution in [0.15, 0.2) is 41.7 Å². The van der Waals surface area contributed by atoms with E-state index in [-0.39, 0.29) is 0 Å². The van der Waals surface area contributed by atoms with E-state index in [0.29, 0.717) is 12.4 Å². The molecule has 0 aliphatic carbocycles. The number of ether oxygens (including phenoxy) is 1. The van der Waals surface area contributed by atoms with Gasteiger partial charge in [-0.05, 0) is 36.8 Å². The number of imidazole rings is 1. The third-order valence-electron chi connectivity index (χ3n) is 2.96. The summed E-state index contributed by atoms with van der Waals surface area (Å²) in [5.41, 5.74) is 8.73. The van der Waals surface area contributed by atoms with Gasteiger partial charge in [-0.25, -0.2) is 9.97 Å². The molecule has 0 aliphatic heterocycles. The van der Waals surface area contributed by atoms with Crippen LogP contribution in [-0.2, 0) is 5.75 Å². The summed E-state index contributed by atoms with van der Waals surface area (Å²) in [7, 11) is 0. The quantitative estimate of drug-likeness (QED) is 0.707. The Labute approximate surface area is 126 Å². The lowest BCUT2D eigenvalue weighted by molar-refractivity contribution is 0.340. The summed E-state index contributed by atoms with van der Waals surface area (Å²) in [6, 6.07) is 9.71. The number of fused-ring (bicyclic) bond motifs is 1. The maximum absolute atomic E-state index is 5.68. The monoisotopic (exact) mass is 300 g/mol. The lowest BCUT2D eigenvalue weighted by atomic mass is 10.3. The third-order valence-corrected chi connectivity index (χ3v) is 3.91. The van der Waals surface area contributed by atoms with E-state index in [2.05, 4.69) is 15.0 Å². The summed E-state index contributed by atoms with van der Waals surface area (Å²) >= 11 is 1.64. The van der Waals surface area contributed by atoms with Gasteiger partial charge in [-0.15, -0.1) is 0 Å². The molecule has 3 aromatic rings. The second kappa shape index (κ2) is 6.05. The van der Waals surface area contributed by atoms with Gasteiger partial charge in [0.05, 0.1) is 17.6 Å². The molecule has 3 N–H and O–H groups in total. The molecule has 0 amide bonds. The lowest BCUT2D eigenvalue weighted by Crippen LogP contribution is -1.91. The van der Waals surface area contributed by atoms with Gasteiger partial charge in [0.15, 0.2) is 5.16 Å². The minimum Gasteiger partial charge on any atom is -0.494 e. The number of pyridine rings is 1. The Morgan fingerprint density at radius 1 is 1.29 bits per heavy atom. The number of aromatic amines is 1. The molecule has 0 bridgehead atoms. The number of thioether (sulfide) groups is 1. The van der Waals surface area contributed by atoms with Crippen molar-refractivity contribution in [2.75, 3.05) is 12.3 Å². The zero-order chi connectivity index (χ0) is 14.7. The fourth-order valence-corrected chi connectivity index (χ4v) is 2.85. The van der Waals surface area contributed by atoms with Gasteiger partial charge in [-0.3, -0.25) is 0 Å². The summed E-state index contributed by atoms with van der Waals surface area (Å²) in [6.07, 6.45) is 1.72. The summed E-state index contributed by atoms with van der Waals surface area (Å²) < 4.78 is 5.49. The zero-order valence-corrected chi connectivity index (χ0v) is 12.5. The van der Waals surface area contributed by atoms with Crippen LogP contribution in [0.4, 0.5) is 5.82 Å². The van der Waals surface area contributed by atoms with E-state index in [1.54, 1.807) is 18.0 Å². The number of aromatic nitrogens is 3. The van der Waals surface area contributed by atoms with E-state index in [1.807, 2.05) is 37.3 Å². The predicted octanol–water partition coefficient (Wildman–Crippen LogP) is 3.23. The van der Waals surface area contributed by atoms with Crippen molar-refractivity contribution in [1.82, 2.24) is 15.0 Å². The number of hydrogen-bond acceptors (Lipinski definition) is 5. The maximum atomic E-state index is 5.68. The fourth-order valence-electron chi connectivity index (χ4n) is 2.03. The molecule has 0 aliphatic rings. The molecule has 6 heteroatoms. The highest BCUT2D eigenvalue weighted by Gasteiger charge is 2.05. The molecule has 1 aromatic carbocycles. The number of benzene rings is 1. The Kier molecular flexibility index (Phi) is 3.96. The highest BCUT2D eigenvalue weighted by Crippen LogP contribution is 2.25. The molecular weight excluding hydrogens is 284 g/mol. The first-order valence-corrected chi connectivity index (χ1v) is 7.69. The lowest BCUT2D eigenvalue weighted by Gasteiger charge is -2.00. The molecule has 0 saturated heterocycles. The predicted molar refractivity (Wildman–Crippen MR) is 85.5 cm³/mol. The molecule has 21 heavy (non-hydrogen) atoms. The Morgan fingerprint density at radius 2 is 2.19 bits per heavy atom. The number of rotatable bonds is 5. The van der Waals surface area contributed by atoms with Gasteiger partial charge >= 0.3 is 0 Å². The van der Waals surface area contributed by atoms with Crippen LogP contribution >= 0.6 is 11.8 Å². The summed E-state index contributed by atoms with van der Waals surface area (Å²) in [4.78, 5) is 11.8. The average Bonchev–Trinajstić information content (AvgIpc) is 2.88. The number of nitrogen functional groups attached to an aromatic ring is 1. The average molecular weight is 300 g/mol. The van der Waals surface area contributed by atoms with E-state index in [0.717, 1.165) is 33.3 Å². The summed E-state index contributed by atoms with van der Waals surface area (Å²) in [5, 5.41) is 0.883. The van der Waals surface area contributed by atoms with Crippen LogP contribution in [0.3, 0.4) is 0 Å². The van der Waals surface area contributed by atoms with Crippen LogP contribution in [0.1, 0.15) is 12.5 Å². The van der Waals surface area contributed by atoms with Crippen molar-refractivity contribution in [2.24, 2.45) is 0 Å². The minimum atomic E-state index is 0.541. The number of nitrogens with one attached hydrogen (secondary N) is 1. The van der Waals surface area contributed by atoms with E-state index in [4.69, 9.17) is 10.5 Å². The van der Waals surface area contributed by atoms with E-state index >= 15 is 0 Å². The van der Waals surface area contributed by atoms with Crippen molar-refractivity contribution in [1.29, 1.82) is 0 Å². The van der Waals surface area contributed by atoms with Gasteiger partial charge < -0.3 is 15.5 Å². The largest absolute Gasteiger partial charge is 0.494 e. The van der Waals surface area contributed by atoms with Crippen LogP contribution < -0.4 is 10.5 Å². The van der Waals surface area contributed by atoms with Crippen molar-refractivity contribution in [3.05, 3.63) is 42.1 Å². The van der Waals surface area contributed by atoms with Gasteiger partial charge in [0, 0.05) is 18.0 Å². The number of nitrogens with two attached hydrogens (primary N) is 1. The van der Waals surface area contributed by atoms with E-state index < -0.39 is 0 Å². The van der Waals surface area contributed by atoms with Crippen LogP contribution in [0.25, 0.3) is 11.0 Å². The molecule has 0 atom stereocenters. The minimum absolute atomic E-state index is 0.541. The number of nitrogens with zero attached hydrogens (tertiary/aromatic N) is 2. The third kappa shape index (κ3) is 3.28. The standard InChI is InChI=1S/C15H16N4OS/c1-2-20-11-3-4-12-13(8-11)19-15(18-12)21-9-10-5-6-17-14(16)7-10/h3-8H,2,9H2,1H3,(H2,16,17)(H,18,19). The van der Waals surface area contributed by atoms with Gasteiger partial charge in [0.2, 0.25) is 0 Å². The maximum Gasteiger partial charge on any atom is 0.166 e.